The molecule has 0 fully saturated rings. The number of para-hydroxylation sites is 1. The van der Waals surface area contributed by atoms with Gasteiger partial charge in [0.15, 0.2) is 5.65 Å². The first-order chi connectivity index (χ1) is 10.6. The highest BCUT2D eigenvalue weighted by molar-refractivity contribution is 5.76. The smallest absolute Gasteiger partial charge is 0.181 e. The summed E-state index contributed by atoms with van der Waals surface area (Å²) in [6.45, 7) is 3.72. The quantitative estimate of drug-likeness (QED) is 0.741. The molecule has 0 amide bonds. The van der Waals surface area contributed by atoms with Crippen LogP contribution in [0.15, 0.2) is 36.9 Å². The van der Waals surface area contributed by atoms with Gasteiger partial charge in [-0.3, -0.25) is 0 Å². The zero-order chi connectivity index (χ0) is 15.3. The molecule has 1 aliphatic rings. The lowest BCUT2D eigenvalue weighted by Crippen LogP contribution is -2.29. The molecule has 1 atom stereocenters. The summed E-state index contributed by atoms with van der Waals surface area (Å²) in [4.78, 5) is 16.9. The highest BCUT2D eigenvalue weighted by Gasteiger charge is 2.41. The zero-order valence-electron chi connectivity index (χ0n) is 12.2. The predicted molar refractivity (Wildman–Crippen MR) is 80.2 cm³/mol. The van der Waals surface area contributed by atoms with E-state index in [1.165, 1.54) is 6.33 Å². The van der Waals surface area contributed by atoms with E-state index in [9.17, 15) is 5.11 Å². The van der Waals surface area contributed by atoms with Crippen LogP contribution in [0.1, 0.15) is 25.5 Å². The van der Waals surface area contributed by atoms with Crippen molar-refractivity contribution in [3.05, 3.63) is 42.5 Å². The summed E-state index contributed by atoms with van der Waals surface area (Å²) in [7, 11) is 0. The number of hydrogen-bond donors (Lipinski definition) is 1. The van der Waals surface area contributed by atoms with Gasteiger partial charge >= 0.3 is 0 Å². The van der Waals surface area contributed by atoms with Crippen LogP contribution < -0.4 is 4.74 Å². The standard InChI is InChI=1S/C16H14N4O2/c1-16(2)14(21)10-5-3-4-9(13(10)22-16)11-7-18-15-12(20-11)6-17-8-19-15/h3-8,14,21H,1-2H3. The minimum Gasteiger partial charge on any atom is -0.484 e. The molecule has 110 valence electrons. The van der Waals surface area contributed by atoms with Crippen LogP contribution in [0.25, 0.3) is 22.4 Å². The number of aromatic nitrogens is 4. The minimum atomic E-state index is -0.667. The van der Waals surface area contributed by atoms with Crippen molar-refractivity contribution in [2.45, 2.75) is 25.6 Å². The van der Waals surface area contributed by atoms with E-state index in [0.717, 1.165) is 11.1 Å². The number of rotatable bonds is 1. The molecule has 0 aliphatic carbocycles. The second-order valence-corrected chi connectivity index (χ2v) is 5.82. The molecule has 0 saturated heterocycles. The fourth-order valence-corrected chi connectivity index (χ4v) is 2.68. The SMILES string of the molecule is CC1(C)Oc2c(-c3cnc4ncncc4n3)cccc2C1O. The van der Waals surface area contributed by atoms with Crippen molar-refractivity contribution in [3.63, 3.8) is 0 Å². The first-order valence-corrected chi connectivity index (χ1v) is 6.99. The number of nitrogens with zero attached hydrogens (tertiary/aromatic N) is 4. The van der Waals surface area contributed by atoms with Gasteiger partial charge in [0.2, 0.25) is 0 Å². The lowest BCUT2D eigenvalue weighted by molar-refractivity contribution is 0.000757. The molecular weight excluding hydrogens is 280 g/mol. The van der Waals surface area contributed by atoms with Crippen LogP contribution in [-0.4, -0.2) is 30.6 Å². The third-order valence-electron chi connectivity index (χ3n) is 3.86. The fraction of sp³-hybridized carbons (Fsp3) is 0.250. The van der Waals surface area contributed by atoms with Gasteiger partial charge in [0.05, 0.1) is 18.1 Å². The molecule has 3 heterocycles. The van der Waals surface area contributed by atoms with Gasteiger partial charge in [-0.05, 0) is 19.9 Å². The van der Waals surface area contributed by atoms with Gasteiger partial charge in [-0.1, -0.05) is 12.1 Å². The zero-order valence-corrected chi connectivity index (χ0v) is 12.2. The maximum absolute atomic E-state index is 10.4. The van der Waals surface area contributed by atoms with E-state index in [0.29, 0.717) is 22.6 Å². The Hall–Kier alpha value is -2.60. The van der Waals surface area contributed by atoms with E-state index >= 15 is 0 Å². The average Bonchev–Trinajstić information content (AvgIpc) is 2.77. The summed E-state index contributed by atoms with van der Waals surface area (Å²) in [5, 5.41) is 10.4. The second-order valence-electron chi connectivity index (χ2n) is 5.82. The molecule has 3 aromatic rings. The number of aliphatic hydroxyl groups is 1. The van der Waals surface area contributed by atoms with Crippen molar-refractivity contribution in [2.24, 2.45) is 0 Å². The van der Waals surface area contributed by atoms with Gasteiger partial charge < -0.3 is 9.84 Å². The highest BCUT2D eigenvalue weighted by Crippen LogP contribution is 2.47. The number of benzene rings is 1. The molecule has 0 saturated carbocycles. The van der Waals surface area contributed by atoms with Crippen LogP contribution in [-0.2, 0) is 0 Å². The fourth-order valence-electron chi connectivity index (χ4n) is 2.68. The molecule has 2 aromatic heterocycles. The summed E-state index contributed by atoms with van der Waals surface area (Å²) in [5.41, 5.74) is 2.76. The van der Waals surface area contributed by atoms with Crippen LogP contribution in [0.5, 0.6) is 5.75 Å². The number of fused-ring (bicyclic) bond motifs is 2. The van der Waals surface area contributed by atoms with Gasteiger partial charge in [-0.25, -0.2) is 19.9 Å². The van der Waals surface area contributed by atoms with Crippen molar-refractivity contribution < 1.29 is 9.84 Å². The van der Waals surface area contributed by atoms with E-state index in [1.807, 2.05) is 32.0 Å². The predicted octanol–water partition coefficient (Wildman–Crippen LogP) is 2.29. The Labute approximate surface area is 126 Å². The van der Waals surface area contributed by atoms with E-state index in [1.54, 1.807) is 12.4 Å². The molecule has 4 rings (SSSR count). The third kappa shape index (κ3) is 1.84. The number of hydrogen-bond acceptors (Lipinski definition) is 6. The molecule has 1 unspecified atom stereocenters. The van der Waals surface area contributed by atoms with Crippen LogP contribution in [0.4, 0.5) is 0 Å². The van der Waals surface area contributed by atoms with Crippen molar-refractivity contribution in [1.29, 1.82) is 0 Å². The summed E-state index contributed by atoms with van der Waals surface area (Å²) in [6, 6.07) is 5.66. The Morgan fingerprint density at radius 1 is 1.18 bits per heavy atom. The Balaban J connectivity index is 1.90. The van der Waals surface area contributed by atoms with E-state index in [4.69, 9.17) is 4.74 Å². The lowest BCUT2D eigenvalue weighted by atomic mass is 9.96. The maximum atomic E-state index is 10.4. The third-order valence-corrected chi connectivity index (χ3v) is 3.86. The molecule has 0 radical (unpaired) electrons. The topological polar surface area (TPSA) is 81.0 Å². The van der Waals surface area contributed by atoms with Crippen LogP contribution in [0, 0.1) is 0 Å². The molecule has 1 N–H and O–H groups in total. The Bertz CT molecular complexity index is 879. The molecule has 1 aliphatic heterocycles. The average molecular weight is 294 g/mol. The minimum absolute atomic E-state index is 0.549. The van der Waals surface area contributed by atoms with E-state index < -0.39 is 11.7 Å². The molecule has 22 heavy (non-hydrogen) atoms. The van der Waals surface area contributed by atoms with Gasteiger partial charge in [0.1, 0.15) is 29.3 Å². The summed E-state index contributed by atoms with van der Waals surface area (Å²) in [5.74, 6) is 0.658. The van der Waals surface area contributed by atoms with E-state index in [-0.39, 0.29) is 0 Å². The van der Waals surface area contributed by atoms with Gasteiger partial charge in [-0.15, -0.1) is 0 Å². The van der Waals surface area contributed by atoms with Crippen molar-refractivity contribution in [2.75, 3.05) is 0 Å². The Kier molecular flexibility index (Phi) is 2.65. The summed E-state index contributed by atoms with van der Waals surface area (Å²) >= 11 is 0. The number of aliphatic hydroxyl groups excluding tert-OH is 1. The summed E-state index contributed by atoms with van der Waals surface area (Å²) < 4.78 is 5.96. The van der Waals surface area contributed by atoms with Gasteiger partial charge in [0.25, 0.3) is 0 Å². The molecule has 0 bridgehead atoms. The first-order valence-electron chi connectivity index (χ1n) is 6.99. The van der Waals surface area contributed by atoms with Crippen LogP contribution in [0.2, 0.25) is 0 Å². The molecular formula is C16H14N4O2. The number of ether oxygens (including phenoxy) is 1. The maximum Gasteiger partial charge on any atom is 0.181 e. The monoisotopic (exact) mass is 294 g/mol. The molecule has 6 heteroatoms. The molecule has 0 spiro atoms. The lowest BCUT2D eigenvalue weighted by Gasteiger charge is -2.22. The normalized spacial score (nSPS) is 19.0. The van der Waals surface area contributed by atoms with E-state index in [2.05, 4.69) is 19.9 Å². The largest absolute Gasteiger partial charge is 0.484 e. The highest BCUT2D eigenvalue weighted by atomic mass is 16.5. The summed E-state index contributed by atoms with van der Waals surface area (Å²) in [6.07, 6.45) is 4.06. The Morgan fingerprint density at radius 2 is 2.05 bits per heavy atom. The Morgan fingerprint density at radius 3 is 2.91 bits per heavy atom. The van der Waals surface area contributed by atoms with Gasteiger partial charge in [-0.2, -0.15) is 0 Å². The van der Waals surface area contributed by atoms with Crippen LogP contribution >= 0.6 is 0 Å². The molecule has 1 aromatic carbocycles. The van der Waals surface area contributed by atoms with Crippen molar-refractivity contribution in [1.82, 2.24) is 19.9 Å². The van der Waals surface area contributed by atoms with Crippen molar-refractivity contribution in [3.8, 4) is 17.0 Å². The second kappa shape index (κ2) is 4.45. The van der Waals surface area contributed by atoms with Crippen LogP contribution in [0.3, 0.4) is 0 Å². The van der Waals surface area contributed by atoms with Crippen molar-refractivity contribution >= 4 is 11.2 Å². The molecule has 6 nitrogen and oxygen atoms in total. The van der Waals surface area contributed by atoms with Gasteiger partial charge in [0, 0.05) is 11.1 Å². The first kappa shape index (κ1) is 13.1.